The predicted molar refractivity (Wildman–Crippen MR) is 65.8 cm³/mol. The van der Waals surface area contributed by atoms with Crippen LogP contribution in [0.25, 0.3) is 0 Å². The molecule has 1 fully saturated rings. The summed E-state index contributed by atoms with van der Waals surface area (Å²) in [6.07, 6.45) is -2.43. The van der Waals surface area contributed by atoms with Gasteiger partial charge in [0, 0.05) is 23.7 Å². The first-order chi connectivity index (χ1) is 8.88. The van der Waals surface area contributed by atoms with Crippen LogP contribution < -0.4 is 11.1 Å². The second kappa shape index (κ2) is 5.21. The summed E-state index contributed by atoms with van der Waals surface area (Å²) in [5.74, 6) is -0.344. The van der Waals surface area contributed by atoms with Crippen LogP contribution >= 0.6 is 0 Å². The number of rotatable bonds is 3. The molecule has 6 heteroatoms. The van der Waals surface area contributed by atoms with Crippen molar-refractivity contribution in [3.63, 3.8) is 0 Å². The second-order valence-corrected chi connectivity index (χ2v) is 4.72. The molecule has 1 atom stereocenters. The average Bonchev–Trinajstić information content (AvgIpc) is 2.80. The number of benzene rings is 1. The van der Waals surface area contributed by atoms with Crippen LogP contribution in [0.1, 0.15) is 35.2 Å². The molecule has 104 valence electrons. The van der Waals surface area contributed by atoms with Crippen molar-refractivity contribution in [2.75, 3.05) is 12.3 Å². The predicted octanol–water partition coefficient (Wildman–Crippen LogP) is 2.61. The van der Waals surface area contributed by atoms with Crippen LogP contribution in [0.5, 0.6) is 0 Å². The van der Waals surface area contributed by atoms with E-state index in [4.69, 9.17) is 5.73 Å². The lowest BCUT2D eigenvalue weighted by Gasteiger charge is -2.13. The number of hydrogen-bond donors (Lipinski definition) is 2. The maximum Gasteiger partial charge on any atom is 0.416 e. The summed E-state index contributed by atoms with van der Waals surface area (Å²) in [7, 11) is 0. The Balaban J connectivity index is 2.20. The molecule has 1 saturated heterocycles. The first kappa shape index (κ1) is 13.9. The third-order valence-electron chi connectivity index (χ3n) is 3.28. The van der Waals surface area contributed by atoms with E-state index in [1.807, 2.05) is 0 Å². The zero-order valence-corrected chi connectivity index (χ0v) is 10.3. The SMILES string of the molecule is Nc1ccc(C(F)(F)F)cc1C(=O)CC1CCCN1. The topological polar surface area (TPSA) is 55.1 Å². The molecule has 1 aromatic carbocycles. The Bertz CT molecular complexity index is 479. The highest BCUT2D eigenvalue weighted by molar-refractivity contribution is 6.01. The number of anilines is 1. The second-order valence-electron chi connectivity index (χ2n) is 4.72. The monoisotopic (exact) mass is 272 g/mol. The number of halogens is 3. The van der Waals surface area contributed by atoms with Crippen LogP contribution in [0.3, 0.4) is 0 Å². The Morgan fingerprint density at radius 1 is 1.42 bits per heavy atom. The number of alkyl halides is 3. The van der Waals surface area contributed by atoms with E-state index >= 15 is 0 Å². The number of nitrogens with two attached hydrogens (primary N) is 1. The van der Waals surface area contributed by atoms with E-state index in [0.29, 0.717) is 0 Å². The van der Waals surface area contributed by atoms with E-state index in [1.54, 1.807) is 0 Å². The van der Waals surface area contributed by atoms with Gasteiger partial charge in [0.25, 0.3) is 0 Å². The fraction of sp³-hybridized carbons (Fsp3) is 0.462. The summed E-state index contributed by atoms with van der Waals surface area (Å²) in [4.78, 5) is 12.0. The molecule has 3 N–H and O–H groups in total. The lowest BCUT2D eigenvalue weighted by Crippen LogP contribution is -2.25. The van der Waals surface area contributed by atoms with Gasteiger partial charge in [0.1, 0.15) is 0 Å². The Morgan fingerprint density at radius 3 is 2.74 bits per heavy atom. The van der Waals surface area contributed by atoms with Crippen molar-refractivity contribution in [1.29, 1.82) is 0 Å². The summed E-state index contributed by atoms with van der Waals surface area (Å²) < 4.78 is 37.8. The maximum absolute atomic E-state index is 12.6. The first-order valence-corrected chi connectivity index (χ1v) is 6.11. The Hall–Kier alpha value is -1.56. The molecule has 3 nitrogen and oxygen atoms in total. The number of Topliss-reactive ketones (excluding diaryl/α,β-unsaturated/α-hetero) is 1. The Morgan fingerprint density at radius 2 is 2.16 bits per heavy atom. The number of carbonyl (C=O) groups excluding carboxylic acids is 1. The summed E-state index contributed by atoms with van der Waals surface area (Å²) in [5, 5.41) is 3.14. The van der Waals surface area contributed by atoms with Crippen LogP contribution in [-0.2, 0) is 6.18 Å². The van der Waals surface area contributed by atoms with Gasteiger partial charge in [-0.3, -0.25) is 4.79 Å². The fourth-order valence-corrected chi connectivity index (χ4v) is 2.24. The lowest BCUT2D eigenvalue weighted by atomic mass is 9.99. The van der Waals surface area contributed by atoms with Crippen molar-refractivity contribution in [2.45, 2.75) is 31.5 Å². The normalized spacial score (nSPS) is 19.6. The summed E-state index contributed by atoms with van der Waals surface area (Å²) >= 11 is 0. The van der Waals surface area contributed by atoms with Gasteiger partial charge < -0.3 is 11.1 Å². The van der Waals surface area contributed by atoms with Crippen molar-refractivity contribution >= 4 is 11.5 Å². The van der Waals surface area contributed by atoms with E-state index in [2.05, 4.69) is 5.32 Å². The number of nitrogens with one attached hydrogen (secondary N) is 1. The molecule has 0 spiro atoms. The van der Waals surface area contributed by atoms with E-state index in [1.165, 1.54) is 0 Å². The van der Waals surface area contributed by atoms with Gasteiger partial charge in [-0.1, -0.05) is 0 Å². The van der Waals surface area contributed by atoms with E-state index in [0.717, 1.165) is 37.6 Å². The van der Waals surface area contributed by atoms with Gasteiger partial charge in [0.05, 0.1) is 5.56 Å². The Labute approximate surface area is 109 Å². The van der Waals surface area contributed by atoms with Crippen molar-refractivity contribution in [1.82, 2.24) is 5.32 Å². The van der Waals surface area contributed by atoms with Crippen molar-refractivity contribution in [2.24, 2.45) is 0 Å². The molecule has 1 aliphatic rings. The van der Waals surface area contributed by atoms with Gasteiger partial charge >= 0.3 is 6.18 Å². The smallest absolute Gasteiger partial charge is 0.398 e. The third kappa shape index (κ3) is 3.26. The van der Waals surface area contributed by atoms with Crippen LogP contribution in [0.4, 0.5) is 18.9 Å². The quantitative estimate of drug-likeness (QED) is 0.657. The highest BCUT2D eigenvalue weighted by atomic mass is 19.4. The van der Waals surface area contributed by atoms with Gasteiger partial charge in [0.15, 0.2) is 5.78 Å². The molecular formula is C13H15F3N2O. The summed E-state index contributed by atoms with van der Waals surface area (Å²) in [6.45, 7) is 0.843. The van der Waals surface area contributed by atoms with Crippen molar-refractivity contribution < 1.29 is 18.0 Å². The molecule has 1 heterocycles. The van der Waals surface area contributed by atoms with Crippen molar-refractivity contribution in [3.8, 4) is 0 Å². The molecule has 0 bridgehead atoms. The minimum Gasteiger partial charge on any atom is -0.398 e. The summed E-state index contributed by atoms with van der Waals surface area (Å²) in [6, 6.07) is 2.91. The maximum atomic E-state index is 12.6. The van der Waals surface area contributed by atoms with Crippen LogP contribution in [-0.4, -0.2) is 18.4 Å². The number of carbonyl (C=O) groups is 1. The zero-order valence-electron chi connectivity index (χ0n) is 10.3. The number of hydrogen-bond acceptors (Lipinski definition) is 3. The van der Waals surface area contributed by atoms with Gasteiger partial charge in [0.2, 0.25) is 0 Å². The van der Waals surface area contributed by atoms with Gasteiger partial charge in [-0.15, -0.1) is 0 Å². The van der Waals surface area contributed by atoms with E-state index in [9.17, 15) is 18.0 Å². The van der Waals surface area contributed by atoms with Crippen LogP contribution in [0, 0.1) is 0 Å². The van der Waals surface area contributed by atoms with E-state index < -0.39 is 11.7 Å². The zero-order chi connectivity index (χ0) is 14.0. The highest BCUT2D eigenvalue weighted by Crippen LogP contribution is 2.31. The van der Waals surface area contributed by atoms with Gasteiger partial charge in [-0.25, -0.2) is 0 Å². The van der Waals surface area contributed by atoms with Crippen LogP contribution in [0.2, 0.25) is 0 Å². The van der Waals surface area contributed by atoms with Crippen molar-refractivity contribution in [3.05, 3.63) is 29.3 Å². The molecule has 1 aliphatic heterocycles. The molecule has 0 saturated carbocycles. The standard InChI is InChI=1S/C13H15F3N2O/c14-13(15,16)8-3-4-11(17)10(6-8)12(19)7-9-2-1-5-18-9/h3-4,6,9,18H,1-2,5,7,17H2. The molecule has 1 unspecified atom stereocenters. The minimum atomic E-state index is -4.46. The lowest BCUT2D eigenvalue weighted by molar-refractivity contribution is -0.137. The van der Waals surface area contributed by atoms with Gasteiger partial charge in [-0.2, -0.15) is 13.2 Å². The molecule has 1 aromatic rings. The molecule has 0 amide bonds. The molecule has 19 heavy (non-hydrogen) atoms. The van der Waals surface area contributed by atoms with Crippen LogP contribution in [0.15, 0.2) is 18.2 Å². The molecule has 0 radical (unpaired) electrons. The molecule has 0 aliphatic carbocycles. The highest BCUT2D eigenvalue weighted by Gasteiger charge is 2.31. The molecular weight excluding hydrogens is 257 g/mol. The fourth-order valence-electron chi connectivity index (χ4n) is 2.24. The largest absolute Gasteiger partial charge is 0.416 e. The van der Waals surface area contributed by atoms with Gasteiger partial charge in [-0.05, 0) is 37.6 Å². The Kier molecular flexibility index (Phi) is 3.80. The molecule has 2 rings (SSSR count). The average molecular weight is 272 g/mol. The summed E-state index contributed by atoms with van der Waals surface area (Å²) in [5.41, 5.74) is 4.81. The number of nitrogen functional groups attached to an aromatic ring is 1. The minimum absolute atomic E-state index is 0.0384. The molecule has 0 aromatic heterocycles. The third-order valence-corrected chi connectivity index (χ3v) is 3.28. The first-order valence-electron chi connectivity index (χ1n) is 6.11. The number of ketones is 1. The van der Waals surface area contributed by atoms with E-state index in [-0.39, 0.29) is 29.5 Å².